The molecule has 17 heteroatoms. The van der Waals surface area contributed by atoms with Crippen LogP contribution in [0.1, 0.15) is 84.8 Å². The number of ether oxygens (including phenoxy) is 3. The Hall–Kier alpha value is -4.38. The molecule has 2 saturated carbocycles. The lowest BCUT2D eigenvalue weighted by Gasteiger charge is -2.42. The molecule has 4 amide bonds. The first-order valence-corrected chi connectivity index (χ1v) is 20.7. The standard InChI is InChI=1S/C38H50N6O9S2/c1-7-21(2)31(33(46)43-55(49,50)25-14-15-25)41-32(45)29-19-24-20-44(29)35(47)38(54,37(3,4)5)42-36(48)53-30-17-22(30)11-9-8-10-12-27-34(52-24)40-28-18-23(51-6)13-16-26(28)39-27/h7,13,16,18,22,24-25,29-30,54H,1,8-12,14-15,17,19-20H2,2-6H3,(H,41,45)(H,42,48)(H,43,46)/b31-21-/t22-,24?,29+,30-,38-/m1/s1. The van der Waals surface area contributed by atoms with Crippen LogP contribution in [0.5, 0.6) is 11.6 Å². The molecule has 15 nitrogen and oxygen atoms in total. The molecule has 2 aliphatic carbocycles. The highest BCUT2D eigenvalue weighted by molar-refractivity contribution is 7.91. The Morgan fingerprint density at radius 2 is 1.84 bits per heavy atom. The summed E-state index contributed by atoms with van der Waals surface area (Å²) < 4.78 is 45.1. The van der Waals surface area contributed by atoms with E-state index < -0.39 is 61.5 Å². The van der Waals surface area contributed by atoms with Crippen molar-refractivity contribution in [3.8, 4) is 11.6 Å². The minimum Gasteiger partial charge on any atom is -0.497 e. The number of sulfonamides is 1. The molecule has 2 aliphatic heterocycles. The lowest BCUT2D eigenvalue weighted by molar-refractivity contribution is -0.143. The first-order valence-electron chi connectivity index (χ1n) is 18.7. The van der Waals surface area contributed by atoms with Crippen molar-refractivity contribution in [1.82, 2.24) is 30.2 Å². The van der Waals surface area contributed by atoms with E-state index in [9.17, 15) is 27.6 Å². The number of carbonyl (C=O) groups excluding carboxylic acids is 4. The fourth-order valence-electron chi connectivity index (χ4n) is 6.87. The number of aryl methyl sites for hydroxylation is 1. The minimum atomic E-state index is -3.96. The van der Waals surface area contributed by atoms with Gasteiger partial charge in [0.05, 0.1) is 29.9 Å². The topological polar surface area (TPSA) is 195 Å². The third-order valence-corrected chi connectivity index (χ3v) is 13.5. The average molecular weight is 799 g/mol. The summed E-state index contributed by atoms with van der Waals surface area (Å²) in [5.74, 6) is -1.48. The number of rotatable bonds is 7. The van der Waals surface area contributed by atoms with E-state index in [-0.39, 0.29) is 42.1 Å². The van der Waals surface area contributed by atoms with Crippen LogP contribution in [0.3, 0.4) is 0 Å². The summed E-state index contributed by atoms with van der Waals surface area (Å²) in [6.07, 6.45) is 5.03. The van der Waals surface area contributed by atoms with Crippen LogP contribution < -0.4 is 24.8 Å². The highest BCUT2D eigenvalue weighted by Gasteiger charge is 2.54. The Morgan fingerprint density at radius 3 is 2.51 bits per heavy atom. The summed E-state index contributed by atoms with van der Waals surface area (Å²) in [6.45, 7) is 10.2. The van der Waals surface area contributed by atoms with Crippen molar-refractivity contribution in [2.45, 2.75) is 114 Å². The number of nitrogens with one attached hydrogen (secondary N) is 3. The van der Waals surface area contributed by atoms with Crippen molar-refractivity contribution in [2.75, 3.05) is 13.7 Å². The molecule has 1 aromatic carbocycles. The SMILES string of the molecule is C=C/C(C)=C(\NC(=O)[C@@H]1CC2CN1C(=O)[C@@](S)(C(C)(C)C)NC(=O)O[C@@H]1C[C@H]1CCCCCc1nc3ccc(OC)cc3nc1O2)C(=O)NS(=O)(=O)C1CC1. The number of alkyl carbamates (subject to hydrolysis) is 1. The number of allylic oxidation sites excluding steroid dienone is 2. The van der Waals surface area contributed by atoms with Crippen LogP contribution in [0.2, 0.25) is 0 Å². The predicted molar refractivity (Wildman–Crippen MR) is 207 cm³/mol. The van der Waals surface area contributed by atoms with Crippen LogP contribution in [0.4, 0.5) is 4.79 Å². The van der Waals surface area contributed by atoms with E-state index in [2.05, 4.69) is 21.9 Å². The van der Waals surface area contributed by atoms with Crippen LogP contribution in [-0.2, 0) is 35.6 Å². The van der Waals surface area contributed by atoms with Crippen LogP contribution in [0.25, 0.3) is 11.0 Å². The second-order valence-electron chi connectivity index (χ2n) is 15.8. The Kier molecular flexibility index (Phi) is 11.5. The zero-order valence-corrected chi connectivity index (χ0v) is 33.6. The molecule has 1 unspecified atom stereocenters. The first-order chi connectivity index (χ1) is 25.9. The Bertz CT molecular complexity index is 2030. The zero-order valence-electron chi connectivity index (χ0n) is 31.8. The van der Waals surface area contributed by atoms with Crippen molar-refractivity contribution in [2.24, 2.45) is 11.3 Å². The first kappa shape index (κ1) is 40.3. The molecule has 3 fully saturated rings. The second-order valence-corrected chi connectivity index (χ2v) is 18.5. The average Bonchev–Trinajstić information content (AvgIpc) is 4.06. The van der Waals surface area contributed by atoms with Crippen LogP contribution >= 0.6 is 12.6 Å². The highest BCUT2D eigenvalue weighted by Crippen LogP contribution is 2.41. The number of hydrogen-bond acceptors (Lipinski definition) is 12. The van der Waals surface area contributed by atoms with Crippen LogP contribution in [0.15, 0.2) is 42.1 Å². The summed E-state index contributed by atoms with van der Waals surface area (Å²) in [6, 6.07) is 4.11. The molecule has 6 rings (SSSR count). The molecule has 2 aromatic rings. The highest BCUT2D eigenvalue weighted by atomic mass is 32.2. The third kappa shape index (κ3) is 8.87. The summed E-state index contributed by atoms with van der Waals surface area (Å²) in [5.41, 5.74) is 0.675. The molecule has 0 spiro atoms. The number of thiol groups is 1. The number of nitrogens with zero attached hydrogens (tertiary/aromatic N) is 3. The number of methoxy groups -OCH3 is 1. The molecular formula is C38H50N6O9S2. The van der Waals surface area contributed by atoms with Crippen molar-refractivity contribution in [3.63, 3.8) is 0 Å². The van der Waals surface area contributed by atoms with Gasteiger partial charge in [0.25, 0.3) is 11.8 Å². The van der Waals surface area contributed by atoms with E-state index in [4.69, 9.17) is 36.8 Å². The van der Waals surface area contributed by atoms with Gasteiger partial charge in [-0.3, -0.25) is 19.7 Å². The van der Waals surface area contributed by atoms with Gasteiger partial charge >= 0.3 is 6.09 Å². The normalized spacial score (nSPS) is 26.8. The Morgan fingerprint density at radius 1 is 1.09 bits per heavy atom. The monoisotopic (exact) mass is 798 g/mol. The van der Waals surface area contributed by atoms with Crippen molar-refractivity contribution in [3.05, 3.63) is 47.8 Å². The minimum absolute atomic E-state index is 0.0561. The van der Waals surface area contributed by atoms with E-state index in [0.29, 0.717) is 41.7 Å². The lowest BCUT2D eigenvalue weighted by atomic mass is 9.84. The van der Waals surface area contributed by atoms with Crippen molar-refractivity contribution >= 4 is 57.5 Å². The van der Waals surface area contributed by atoms with Gasteiger partial charge in [0.1, 0.15) is 35.4 Å². The summed E-state index contributed by atoms with van der Waals surface area (Å²) in [4.78, 5) is 64.9. The molecule has 5 atom stereocenters. The summed E-state index contributed by atoms with van der Waals surface area (Å²) in [5, 5.41) is 4.60. The van der Waals surface area contributed by atoms with Gasteiger partial charge in [0.15, 0.2) is 4.87 Å². The van der Waals surface area contributed by atoms with Crippen LogP contribution in [0, 0.1) is 11.3 Å². The molecular weight excluding hydrogens is 749 g/mol. The maximum Gasteiger partial charge on any atom is 0.408 e. The molecule has 4 aliphatic rings. The van der Waals surface area contributed by atoms with E-state index >= 15 is 0 Å². The Labute approximate surface area is 326 Å². The Balaban J connectivity index is 1.37. The predicted octanol–water partition coefficient (Wildman–Crippen LogP) is 4.07. The smallest absolute Gasteiger partial charge is 0.408 e. The molecule has 1 saturated heterocycles. The van der Waals surface area contributed by atoms with E-state index in [1.807, 2.05) is 6.07 Å². The van der Waals surface area contributed by atoms with E-state index in [1.54, 1.807) is 40.0 Å². The fourth-order valence-corrected chi connectivity index (χ4v) is 8.37. The van der Waals surface area contributed by atoms with Gasteiger partial charge in [0, 0.05) is 17.9 Å². The van der Waals surface area contributed by atoms with Gasteiger partial charge < -0.3 is 24.4 Å². The fraction of sp³-hybridized carbons (Fsp3) is 0.579. The number of carbonyl (C=O) groups is 4. The maximum atomic E-state index is 14.8. The number of aromatic nitrogens is 2. The van der Waals surface area contributed by atoms with Gasteiger partial charge in [-0.2, -0.15) is 0 Å². The molecule has 3 N–H and O–H groups in total. The number of benzene rings is 1. The maximum absolute atomic E-state index is 14.8. The third-order valence-electron chi connectivity index (χ3n) is 10.7. The quantitative estimate of drug-likeness (QED) is 0.179. The van der Waals surface area contributed by atoms with Gasteiger partial charge in [0.2, 0.25) is 21.8 Å². The molecule has 0 radical (unpaired) electrons. The van der Waals surface area contributed by atoms with Gasteiger partial charge in [-0.1, -0.05) is 46.3 Å². The molecule has 298 valence electrons. The molecule has 55 heavy (non-hydrogen) atoms. The second kappa shape index (κ2) is 15.6. The van der Waals surface area contributed by atoms with E-state index in [1.165, 1.54) is 17.9 Å². The molecule has 2 bridgehead atoms. The van der Waals surface area contributed by atoms with Gasteiger partial charge in [-0.05, 0) is 69.1 Å². The van der Waals surface area contributed by atoms with Gasteiger partial charge in [-0.15, -0.1) is 12.6 Å². The molecule has 1 aromatic heterocycles. The lowest BCUT2D eigenvalue weighted by Crippen LogP contribution is -2.64. The molecule has 3 heterocycles. The number of hydrogen-bond donors (Lipinski definition) is 4. The van der Waals surface area contributed by atoms with Crippen molar-refractivity contribution in [1.29, 1.82) is 0 Å². The largest absolute Gasteiger partial charge is 0.497 e. The summed E-state index contributed by atoms with van der Waals surface area (Å²) >= 11 is 4.81. The number of amides is 4. The summed E-state index contributed by atoms with van der Waals surface area (Å²) in [7, 11) is -2.41. The zero-order chi connectivity index (χ0) is 39.9. The van der Waals surface area contributed by atoms with Gasteiger partial charge in [-0.25, -0.2) is 27.9 Å². The van der Waals surface area contributed by atoms with Crippen molar-refractivity contribution < 1.29 is 41.8 Å². The van der Waals surface area contributed by atoms with E-state index in [0.717, 1.165) is 32.1 Å². The number of fused-ring (bicyclic) bond motifs is 5. The van der Waals surface area contributed by atoms with Crippen LogP contribution in [-0.4, -0.2) is 89.1 Å².